The highest BCUT2D eigenvalue weighted by molar-refractivity contribution is 4.64. The Bertz CT molecular complexity index is 103. The molecule has 0 bridgehead atoms. The van der Waals surface area contributed by atoms with Crippen molar-refractivity contribution in [2.75, 3.05) is 32.8 Å². The van der Waals surface area contributed by atoms with E-state index >= 15 is 0 Å². The minimum Gasteiger partial charge on any atom is -0.396 e. The van der Waals surface area contributed by atoms with Crippen LogP contribution in [0.1, 0.15) is 19.3 Å². The van der Waals surface area contributed by atoms with Crippen LogP contribution < -0.4 is 22.1 Å². The number of hydrogen-bond donors (Lipinski definition) is 5. The Morgan fingerprint density at radius 1 is 1.00 bits per heavy atom. The van der Waals surface area contributed by atoms with E-state index in [1.165, 1.54) is 0 Å². The van der Waals surface area contributed by atoms with Crippen molar-refractivity contribution in [1.29, 1.82) is 0 Å². The van der Waals surface area contributed by atoms with Gasteiger partial charge in [-0.25, -0.2) is 0 Å². The third-order valence-electron chi connectivity index (χ3n) is 1.96. The zero-order valence-corrected chi connectivity index (χ0v) is 8.84. The van der Waals surface area contributed by atoms with Gasteiger partial charge >= 0.3 is 0 Å². The molecule has 0 aliphatic heterocycles. The van der Waals surface area contributed by atoms with Crippen molar-refractivity contribution in [2.24, 2.45) is 11.5 Å². The second-order valence-electron chi connectivity index (χ2n) is 3.26. The zero-order chi connectivity index (χ0) is 10.6. The quantitative estimate of drug-likeness (QED) is 0.222. The fourth-order valence-corrected chi connectivity index (χ4v) is 1.16. The molecule has 0 heterocycles. The predicted octanol–water partition coefficient (Wildman–Crippen LogP) is -1.43. The normalized spacial score (nSPS) is 11.1. The van der Waals surface area contributed by atoms with Gasteiger partial charge in [0.15, 0.2) is 0 Å². The van der Waals surface area contributed by atoms with E-state index in [0.29, 0.717) is 13.1 Å². The molecule has 7 N–H and O–H groups in total. The van der Waals surface area contributed by atoms with Crippen LogP contribution in [0.3, 0.4) is 0 Å². The maximum Gasteiger partial charge on any atom is 0.0593 e. The van der Waals surface area contributed by atoms with E-state index < -0.39 is 0 Å². The number of nitrogens with two attached hydrogens (primary N) is 2. The second-order valence-corrected chi connectivity index (χ2v) is 3.26. The average Bonchev–Trinajstić information content (AvgIpc) is 2.18. The molecule has 0 aliphatic rings. The molecule has 0 atom stereocenters. The van der Waals surface area contributed by atoms with Crippen LogP contribution in [-0.2, 0) is 0 Å². The molecule has 0 aromatic rings. The molecular weight excluding hydrogens is 180 g/mol. The number of hydrogen-bond acceptors (Lipinski definition) is 5. The Morgan fingerprint density at radius 3 is 1.86 bits per heavy atom. The minimum absolute atomic E-state index is 0.179. The third-order valence-corrected chi connectivity index (χ3v) is 1.96. The topological polar surface area (TPSA) is 96.3 Å². The Balaban J connectivity index is 3.44. The van der Waals surface area contributed by atoms with Gasteiger partial charge in [0.05, 0.1) is 6.17 Å². The summed E-state index contributed by atoms with van der Waals surface area (Å²) in [6.07, 6.45) is 2.81. The van der Waals surface area contributed by atoms with Crippen molar-refractivity contribution in [3.05, 3.63) is 0 Å². The highest BCUT2D eigenvalue weighted by atomic mass is 16.3. The summed E-state index contributed by atoms with van der Waals surface area (Å²) in [5.41, 5.74) is 10.8. The zero-order valence-electron chi connectivity index (χ0n) is 8.84. The van der Waals surface area contributed by atoms with Crippen LogP contribution in [0.2, 0.25) is 0 Å². The van der Waals surface area contributed by atoms with E-state index in [1.54, 1.807) is 0 Å². The molecule has 0 fully saturated rings. The van der Waals surface area contributed by atoms with E-state index in [1.807, 2.05) is 0 Å². The van der Waals surface area contributed by atoms with Crippen molar-refractivity contribution >= 4 is 0 Å². The summed E-state index contributed by atoms with van der Waals surface area (Å²) in [4.78, 5) is 0. The van der Waals surface area contributed by atoms with Gasteiger partial charge < -0.3 is 27.2 Å². The maximum absolute atomic E-state index is 8.82. The summed E-state index contributed by atoms with van der Waals surface area (Å²) >= 11 is 0. The van der Waals surface area contributed by atoms with Gasteiger partial charge in [-0.3, -0.25) is 0 Å². The van der Waals surface area contributed by atoms with Crippen molar-refractivity contribution in [2.45, 2.75) is 25.4 Å². The largest absolute Gasteiger partial charge is 0.396 e. The Kier molecular flexibility index (Phi) is 10.7. The van der Waals surface area contributed by atoms with Gasteiger partial charge in [-0.15, -0.1) is 0 Å². The first-order chi connectivity index (χ1) is 6.85. The Morgan fingerprint density at radius 2 is 1.50 bits per heavy atom. The van der Waals surface area contributed by atoms with Crippen LogP contribution in [0.4, 0.5) is 0 Å². The maximum atomic E-state index is 8.82. The summed E-state index contributed by atoms with van der Waals surface area (Å²) < 4.78 is 0. The molecule has 0 aliphatic carbocycles. The first-order valence-corrected chi connectivity index (χ1v) is 5.33. The summed E-state index contributed by atoms with van der Waals surface area (Å²) in [5.74, 6) is 0. The van der Waals surface area contributed by atoms with Crippen molar-refractivity contribution < 1.29 is 5.11 Å². The molecule has 14 heavy (non-hydrogen) atoms. The smallest absolute Gasteiger partial charge is 0.0593 e. The molecule has 0 aromatic carbocycles. The molecule has 0 unspecified atom stereocenters. The van der Waals surface area contributed by atoms with E-state index in [4.69, 9.17) is 16.6 Å². The fourth-order valence-electron chi connectivity index (χ4n) is 1.16. The van der Waals surface area contributed by atoms with Crippen LogP contribution in [0.25, 0.3) is 0 Å². The number of rotatable bonds is 10. The van der Waals surface area contributed by atoms with Gasteiger partial charge in [-0.1, -0.05) is 0 Å². The molecule has 0 rings (SSSR count). The van der Waals surface area contributed by atoms with Gasteiger partial charge in [-0.05, 0) is 45.4 Å². The summed E-state index contributed by atoms with van der Waals surface area (Å²) in [6.45, 7) is 3.35. The molecule has 0 amide bonds. The lowest BCUT2D eigenvalue weighted by molar-refractivity contribution is 0.250. The average molecular weight is 204 g/mol. The van der Waals surface area contributed by atoms with Gasteiger partial charge in [0, 0.05) is 6.61 Å². The van der Waals surface area contributed by atoms with Crippen LogP contribution >= 0.6 is 0 Å². The van der Waals surface area contributed by atoms with Crippen molar-refractivity contribution in [3.8, 4) is 0 Å². The molecule has 0 saturated carbocycles. The number of aliphatic hydroxyl groups is 1. The van der Waals surface area contributed by atoms with Gasteiger partial charge in [-0.2, -0.15) is 0 Å². The lowest BCUT2D eigenvalue weighted by Crippen LogP contribution is -2.44. The van der Waals surface area contributed by atoms with Gasteiger partial charge in [0.25, 0.3) is 0 Å². The number of aliphatic hydroxyl groups excluding tert-OH is 1. The minimum atomic E-state index is 0.179. The Hall–Kier alpha value is -0.200. The van der Waals surface area contributed by atoms with Crippen LogP contribution in [0.5, 0.6) is 0 Å². The molecular formula is C9H24N4O. The first-order valence-electron chi connectivity index (χ1n) is 5.33. The lowest BCUT2D eigenvalue weighted by atomic mass is 10.3. The molecule has 5 nitrogen and oxygen atoms in total. The fraction of sp³-hybridized carbons (Fsp3) is 1.00. The van der Waals surface area contributed by atoms with E-state index in [2.05, 4.69) is 10.6 Å². The molecule has 0 aromatic heterocycles. The van der Waals surface area contributed by atoms with Crippen LogP contribution in [-0.4, -0.2) is 44.1 Å². The third kappa shape index (κ3) is 8.40. The summed E-state index contributed by atoms with van der Waals surface area (Å²) in [5, 5.41) is 15.4. The highest BCUT2D eigenvalue weighted by Crippen LogP contribution is 1.87. The van der Waals surface area contributed by atoms with Crippen molar-refractivity contribution in [3.63, 3.8) is 0 Å². The van der Waals surface area contributed by atoms with Gasteiger partial charge in [0.2, 0.25) is 0 Å². The van der Waals surface area contributed by atoms with E-state index in [9.17, 15) is 0 Å². The van der Waals surface area contributed by atoms with Crippen LogP contribution in [0.15, 0.2) is 0 Å². The van der Waals surface area contributed by atoms with Crippen molar-refractivity contribution in [1.82, 2.24) is 10.6 Å². The van der Waals surface area contributed by atoms with Crippen LogP contribution in [0, 0.1) is 0 Å². The lowest BCUT2D eigenvalue weighted by Gasteiger charge is -2.19. The highest BCUT2D eigenvalue weighted by Gasteiger charge is 2.04. The molecule has 0 saturated heterocycles. The van der Waals surface area contributed by atoms with Gasteiger partial charge in [0.1, 0.15) is 0 Å². The number of nitrogens with one attached hydrogen (secondary N) is 2. The standard InChI is InChI=1S/C9H24N4O/c10-4-1-6-12-9(3-8-14)13-7-2-5-11/h9,12-14H,1-8,10-11H2. The van der Waals surface area contributed by atoms with E-state index in [-0.39, 0.29) is 12.8 Å². The Labute approximate surface area is 86.2 Å². The molecule has 86 valence electrons. The monoisotopic (exact) mass is 204 g/mol. The predicted molar refractivity (Wildman–Crippen MR) is 58.8 cm³/mol. The summed E-state index contributed by atoms with van der Waals surface area (Å²) in [7, 11) is 0. The van der Waals surface area contributed by atoms with E-state index in [0.717, 1.165) is 32.4 Å². The first kappa shape index (κ1) is 13.8. The second kappa shape index (κ2) is 10.9. The SMILES string of the molecule is NCCCNC(CCO)NCCCN. The summed E-state index contributed by atoms with van der Waals surface area (Å²) in [6, 6.07) is 0. The molecule has 0 spiro atoms. The molecule has 5 heteroatoms. The molecule has 0 radical (unpaired) electrons.